The van der Waals surface area contributed by atoms with Crippen LogP contribution in [0.3, 0.4) is 0 Å². The monoisotopic (exact) mass is 326 g/mol. The van der Waals surface area contributed by atoms with Crippen LogP contribution in [0.4, 0.5) is 11.4 Å². The maximum absolute atomic E-state index is 12.3. The molecule has 1 aliphatic rings. The zero-order valence-corrected chi connectivity index (χ0v) is 13.7. The second kappa shape index (κ2) is 7.11. The third kappa shape index (κ3) is 4.45. The molecule has 1 amide bonds. The molecule has 1 saturated heterocycles. The molecule has 1 N–H and O–H groups in total. The average molecular weight is 326 g/mol. The SMILES string of the molecule is CCC(=O)N(c1ccc(NS(C)(=O)=O)cc1)C1CCOCC1. The average Bonchev–Trinajstić information content (AvgIpc) is 2.48. The molecule has 1 aliphatic heterocycles. The molecule has 0 spiro atoms. The Morgan fingerprint density at radius 1 is 1.27 bits per heavy atom. The van der Waals surface area contributed by atoms with Crippen molar-refractivity contribution in [2.24, 2.45) is 0 Å². The molecule has 122 valence electrons. The lowest BCUT2D eigenvalue weighted by atomic mass is 10.1. The summed E-state index contributed by atoms with van der Waals surface area (Å²) in [6, 6.07) is 7.03. The number of carbonyl (C=O) groups excluding carboxylic acids is 1. The van der Waals surface area contributed by atoms with Crippen molar-refractivity contribution < 1.29 is 17.9 Å². The summed E-state index contributed by atoms with van der Waals surface area (Å²) < 4.78 is 30.2. The van der Waals surface area contributed by atoms with Gasteiger partial charge < -0.3 is 9.64 Å². The van der Waals surface area contributed by atoms with E-state index in [0.29, 0.717) is 25.3 Å². The maximum atomic E-state index is 12.3. The molecular formula is C15H22N2O4S. The van der Waals surface area contributed by atoms with Crippen molar-refractivity contribution in [2.75, 3.05) is 29.1 Å². The van der Waals surface area contributed by atoms with Crippen LogP contribution in [0.1, 0.15) is 26.2 Å². The Hall–Kier alpha value is -1.60. The van der Waals surface area contributed by atoms with Crippen LogP contribution in [0, 0.1) is 0 Å². The van der Waals surface area contributed by atoms with E-state index in [-0.39, 0.29) is 11.9 Å². The fraction of sp³-hybridized carbons (Fsp3) is 0.533. The number of nitrogens with one attached hydrogen (secondary N) is 1. The predicted molar refractivity (Wildman–Crippen MR) is 86.5 cm³/mol. The van der Waals surface area contributed by atoms with Crippen molar-refractivity contribution in [1.82, 2.24) is 0 Å². The lowest BCUT2D eigenvalue weighted by Crippen LogP contribution is -2.43. The second-order valence-corrected chi connectivity index (χ2v) is 7.13. The first kappa shape index (κ1) is 16.8. The normalized spacial score (nSPS) is 16.3. The molecule has 0 aromatic heterocycles. The zero-order chi connectivity index (χ0) is 16.2. The predicted octanol–water partition coefficient (Wildman–Crippen LogP) is 1.98. The molecule has 1 aromatic carbocycles. The zero-order valence-electron chi connectivity index (χ0n) is 12.9. The maximum Gasteiger partial charge on any atom is 0.229 e. The van der Waals surface area contributed by atoms with E-state index in [1.807, 2.05) is 11.8 Å². The van der Waals surface area contributed by atoms with E-state index < -0.39 is 10.0 Å². The molecule has 1 fully saturated rings. The van der Waals surface area contributed by atoms with Gasteiger partial charge in [0.25, 0.3) is 0 Å². The van der Waals surface area contributed by atoms with Gasteiger partial charge in [-0.25, -0.2) is 8.42 Å². The topological polar surface area (TPSA) is 75.7 Å². The minimum atomic E-state index is -3.30. The third-order valence-electron chi connectivity index (χ3n) is 3.58. The van der Waals surface area contributed by atoms with Crippen LogP contribution in [0.5, 0.6) is 0 Å². The van der Waals surface area contributed by atoms with Crippen molar-refractivity contribution in [3.63, 3.8) is 0 Å². The number of anilines is 2. The number of carbonyl (C=O) groups is 1. The van der Waals surface area contributed by atoms with Gasteiger partial charge in [0.05, 0.1) is 6.26 Å². The molecule has 2 rings (SSSR count). The fourth-order valence-electron chi connectivity index (χ4n) is 2.58. The first-order valence-corrected chi connectivity index (χ1v) is 9.27. The Labute approximate surface area is 131 Å². The molecule has 0 bridgehead atoms. The second-order valence-electron chi connectivity index (χ2n) is 5.38. The molecule has 0 aliphatic carbocycles. The van der Waals surface area contributed by atoms with Crippen LogP contribution in [-0.2, 0) is 19.6 Å². The van der Waals surface area contributed by atoms with Crippen LogP contribution in [0.25, 0.3) is 0 Å². The number of rotatable bonds is 5. The van der Waals surface area contributed by atoms with Crippen molar-refractivity contribution >= 4 is 27.3 Å². The van der Waals surface area contributed by atoms with Gasteiger partial charge in [-0.1, -0.05) is 6.92 Å². The molecule has 22 heavy (non-hydrogen) atoms. The fourth-order valence-corrected chi connectivity index (χ4v) is 3.14. The smallest absolute Gasteiger partial charge is 0.229 e. The number of amides is 1. The van der Waals surface area contributed by atoms with Gasteiger partial charge in [-0.3, -0.25) is 9.52 Å². The van der Waals surface area contributed by atoms with Gasteiger partial charge in [-0.05, 0) is 37.1 Å². The molecule has 1 heterocycles. The molecule has 0 saturated carbocycles. The summed E-state index contributed by atoms with van der Waals surface area (Å²) in [5, 5.41) is 0. The van der Waals surface area contributed by atoms with E-state index in [1.54, 1.807) is 24.3 Å². The van der Waals surface area contributed by atoms with Gasteiger partial charge in [0.2, 0.25) is 15.9 Å². The van der Waals surface area contributed by atoms with E-state index in [9.17, 15) is 13.2 Å². The standard InChI is InChI=1S/C15H22N2O4S/c1-3-15(18)17(14-8-10-21-11-9-14)13-6-4-12(5-7-13)16-22(2,19)20/h4-7,14,16H,3,8-11H2,1-2H3. The lowest BCUT2D eigenvalue weighted by Gasteiger charge is -2.34. The quantitative estimate of drug-likeness (QED) is 0.898. The Morgan fingerprint density at radius 3 is 2.36 bits per heavy atom. The van der Waals surface area contributed by atoms with Gasteiger partial charge in [-0.15, -0.1) is 0 Å². The molecule has 6 nitrogen and oxygen atoms in total. The third-order valence-corrected chi connectivity index (χ3v) is 4.18. The van der Waals surface area contributed by atoms with Crippen LogP contribution >= 0.6 is 0 Å². The Bertz CT molecular complexity index is 607. The molecule has 0 atom stereocenters. The Morgan fingerprint density at radius 2 is 1.86 bits per heavy atom. The summed E-state index contributed by atoms with van der Waals surface area (Å²) in [5.41, 5.74) is 1.28. The van der Waals surface area contributed by atoms with Crippen molar-refractivity contribution in [3.8, 4) is 0 Å². The van der Waals surface area contributed by atoms with Gasteiger partial charge in [0.15, 0.2) is 0 Å². The highest BCUT2D eigenvalue weighted by molar-refractivity contribution is 7.92. The molecule has 7 heteroatoms. The molecule has 0 unspecified atom stereocenters. The van der Waals surface area contributed by atoms with Crippen molar-refractivity contribution in [3.05, 3.63) is 24.3 Å². The van der Waals surface area contributed by atoms with Crippen LogP contribution < -0.4 is 9.62 Å². The number of hydrogen-bond donors (Lipinski definition) is 1. The number of ether oxygens (including phenoxy) is 1. The summed E-state index contributed by atoms with van der Waals surface area (Å²) in [7, 11) is -3.30. The van der Waals surface area contributed by atoms with Crippen molar-refractivity contribution in [2.45, 2.75) is 32.2 Å². The number of hydrogen-bond acceptors (Lipinski definition) is 4. The van der Waals surface area contributed by atoms with Gasteiger partial charge in [0, 0.05) is 37.1 Å². The number of sulfonamides is 1. The van der Waals surface area contributed by atoms with Crippen LogP contribution in [0.2, 0.25) is 0 Å². The summed E-state index contributed by atoms with van der Waals surface area (Å²) >= 11 is 0. The van der Waals surface area contributed by atoms with E-state index >= 15 is 0 Å². The highest BCUT2D eigenvalue weighted by Gasteiger charge is 2.26. The van der Waals surface area contributed by atoms with Crippen LogP contribution in [-0.4, -0.2) is 39.8 Å². The first-order valence-electron chi connectivity index (χ1n) is 7.38. The summed E-state index contributed by atoms with van der Waals surface area (Å²) in [6.45, 7) is 3.16. The number of nitrogens with zero attached hydrogens (tertiary/aromatic N) is 1. The van der Waals surface area contributed by atoms with E-state index in [4.69, 9.17) is 4.74 Å². The van der Waals surface area contributed by atoms with E-state index in [2.05, 4.69) is 4.72 Å². The van der Waals surface area contributed by atoms with E-state index in [1.165, 1.54) is 0 Å². The minimum Gasteiger partial charge on any atom is -0.381 e. The summed E-state index contributed by atoms with van der Waals surface area (Å²) in [6.07, 6.45) is 3.17. The van der Waals surface area contributed by atoms with Crippen molar-refractivity contribution in [1.29, 1.82) is 0 Å². The Balaban J connectivity index is 2.22. The minimum absolute atomic E-state index is 0.0655. The van der Waals surface area contributed by atoms with Gasteiger partial charge >= 0.3 is 0 Å². The summed E-state index contributed by atoms with van der Waals surface area (Å²) in [4.78, 5) is 14.1. The van der Waals surface area contributed by atoms with E-state index in [0.717, 1.165) is 24.8 Å². The number of benzene rings is 1. The summed E-state index contributed by atoms with van der Waals surface area (Å²) in [5.74, 6) is 0.0655. The largest absolute Gasteiger partial charge is 0.381 e. The van der Waals surface area contributed by atoms with Gasteiger partial charge in [0.1, 0.15) is 0 Å². The molecular weight excluding hydrogens is 304 g/mol. The lowest BCUT2D eigenvalue weighted by molar-refractivity contribution is -0.119. The molecule has 1 aromatic rings. The first-order chi connectivity index (χ1) is 10.4. The van der Waals surface area contributed by atoms with Crippen LogP contribution in [0.15, 0.2) is 24.3 Å². The highest BCUT2D eigenvalue weighted by atomic mass is 32.2. The molecule has 0 radical (unpaired) electrons. The highest BCUT2D eigenvalue weighted by Crippen LogP contribution is 2.25. The Kier molecular flexibility index (Phi) is 5.42. The van der Waals surface area contributed by atoms with Gasteiger partial charge in [-0.2, -0.15) is 0 Å².